The first-order chi connectivity index (χ1) is 8.39. The van der Waals surface area contributed by atoms with E-state index in [-0.39, 0.29) is 29.1 Å². The van der Waals surface area contributed by atoms with E-state index in [0.717, 1.165) is 5.69 Å². The molecule has 1 saturated heterocycles. The Morgan fingerprint density at radius 3 is 2.61 bits per heavy atom. The molecule has 1 aromatic rings. The summed E-state index contributed by atoms with van der Waals surface area (Å²) >= 11 is 0. The van der Waals surface area contributed by atoms with E-state index in [9.17, 15) is 13.2 Å². The third kappa shape index (κ3) is 2.66. The SMILES string of the molecule is Cc1cnc(C(=O)N(C)[C@H]2CCS(=O)(=O)C2)cn1. The molecule has 7 heteroatoms. The first kappa shape index (κ1) is 12.9. The Labute approximate surface area is 106 Å². The molecule has 0 radical (unpaired) electrons. The maximum Gasteiger partial charge on any atom is 0.274 e. The van der Waals surface area contributed by atoms with Crippen LogP contribution in [0.1, 0.15) is 22.6 Å². The van der Waals surface area contributed by atoms with Crippen LogP contribution in [0.4, 0.5) is 0 Å². The van der Waals surface area contributed by atoms with Gasteiger partial charge in [0, 0.05) is 19.3 Å². The minimum absolute atomic E-state index is 0.0362. The summed E-state index contributed by atoms with van der Waals surface area (Å²) in [6.07, 6.45) is 3.42. The summed E-state index contributed by atoms with van der Waals surface area (Å²) in [5, 5.41) is 0. The van der Waals surface area contributed by atoms with E-state index >= 15 is 0 Å². The minimum atomic E-state index is -2.99. The predicted molar refractivity (Wildman–Crippen MR) is 65.9 cm³/mol. The van der Waals surface area contributed by atoms with E-state index in [4.69, 9.17) is 0 Å². The Balaban J connectivity index is 2.12. The molecule has 1 aliphatic heterocycles. The van der Waals surface area contributed by atoms with Crippen LogP contribution < -0.4 is 0 Å². The smallest absolute Gasteiger partial charge is 0.274 e. The van der Waals surface area contributed by atoms with Crippen LogP contribution in [0.5, 0.6) is 0 Å². The zero-order valence-electron chi connectivity index (χ0n) is 10.3. The number of aromatic nitrogens is 2. The highest BCUT2D eigenvalue weighted by Gasteiger charge is 2.33. The highest BCUT2D eigenvalue weighted by molar-refractivity contribution is 7.91. The van der Waals surface area contributed by atoms with E-state index in [2.05, 4.69) is 9.97 Å². The molecule has 0 spiro atoms. The number of nitrogens with zero attached hydrogens (tertiary/aromatic N) is 3. The maximum absolute atomic E-state index is 12.1. The highest BCUT2D eigenvalue weighted by atomic mass is 32.2. The average molecular weight is 269 g/mol. The molecule has 0 aromatic carbocycles. The third-order valence-electron chi connectivity index (χ3n) is 3.08. The Morgan fingerprint density at radius 2 is 2.11 bits per heavy atom. The van der Waals surface area contributed by atoms with Crippen molar-refractivity contribution in [1.29, 1.82) is 0 Å². The Hall–Kier alpha value is -1.50. The molecule has 2 rings (SSSR count). The van der Waals surface area contributed by atoms with Crippen LogP contribution in [0.2, 0.25) is 0 Å². The molecule has 1 aromatic heterocycles. The van der Waals surface area contributed by atoms with Gasteiger partial charge in [0.1, 0.15) is 5.69 Å². The largest absolute Gasteiger partial charge is 0.336 e. The van der Waals surface area contributed by atoms with Crippen molar-refractivity contribution in [2.24, 2.45) is 0 Å². The fourth-order valence-electron chi connectivity index (χ4n) is 1.93. The number of hydrogen-bond acceptors (Lipinski definition) is 5. The standard InChI is InChI=1S/C11H15N3O3S/c1-8-5-13-10(6-12-8)11(15)14(2)9-3-4-18(16,17)7-9/h5-6,9H,3-4,7H2,1-2H3/t9-/m0/s1. The topological polar surface area (TPSA) is 80.2 Å². The number of rotatable bonds is 2. The molecular weight excluding hydrogens is 254 g/mol. The van der Waals surface area contributed by atoms with Crippen molar-refractivity contribution in [3.8, 4) is 0 Å². The zero-order chi connectivity index (χ0) is 13.3. The van der Waals surface area contributed by atoms with Crippen LogP contribution in [-0.4, -0.2) is 53.8 Å². The van der Waals surface area contributed by atoms with Gasteiger partial charge in [0.2, 0.25) is 0 Å². The van der Waals surface area contributed by atoms with E-state index in [0.29, 0.717) is 6.42 Å². The maximum atomic E-state index is 12.1. The first-order valence-electron chi connectivity index (χ1n) is 5.65. The van der Waals surface area contributed by atoms with Gasteiger partial charge in [-0.1, -0.05) is 0 Å². The Bertz CT molecular complexity index is 553. The molecule has 0 aliphatic carbocycles. The first-order valence-corrected chi connectivity index (χ1v) is 7.47. The third-order valence-corrected chi connectivity index (χ3v) is 4.83. The molecule has 1 atom stereocenters. The van der Waals surface area contributed by atoms with Gasteiger partial charge in [0.25, 0.3) is 5.91 Å². The van der Waals surface area contributed by atoms with Crippen molar-refractivity contribution in [2.75, 3.05) is 18.6 Å². The average Bonchev–Trinajstić information content (AvgIpc) is 2.69. The van der Waals surface area contributed by atoms with Crippen LogP contribution in [0.3, 0.4) is 0 Å². The van der Waals surface area contributed by atoms with Crippen LogP contribution in [0.15, 0.2) is 12.4 Å². The van der Waals surface area contributed by atoms with Crippen molar-refractivity contribution in [3.05, 3.63) is 23.8 Å². The summed E-state index contributed by atoms with van der Waals surface area (Å²) < 4.78 is 22.8. The quantitative estimate of drug-likeness (QED) is 0.757. The fourth-order valence-corrected chi connectivity index (χ4v) is 3.70. The van der Waals surface area contributed by atoms with Gasteiger partial charge in [-0.05, 0) is 13.3 Å². The Kier molecular flexibility index (Phi) is 3.34. The second kappa shape index (κ2) is 4.64. The molecular formula is C11H15N3O3S. The van der Waals surface area contributed by atoms with Gasteiger partial charge in [0.05, 0.1) is 23.4 Å². The lowest BCUT2D eigenvalue weighted by molar-refractivity contribution is 0.0741. The van der Waals surface area contributed by atoms with Gasteiger partial charge < -0.3 is 4.90 Å². The van der Waals surface area contributed by atoms with Crippen molar-refractivity contribution < 1.29 is 13.2 Å². The Morgan fingerprint density at radius 1 is 1.39 bits per heavy atom. The molecule has 0 unspecified atom stereocenters. The van der Waals surface area contributed by atoms with Crippen LogP contribution in [0.25, 0.3) is 0 Å². The van der Waals surface area contributed by atoms with Crippen LogP contribution >= 0.6 is 0 Å². The molecule has 2 heterocycles. The van der Waals surface area contributed by atoms with Crippen molar-refractivity contribution in [2.45, 2.75) is 19.4 Å². The molecule has 0 saturated carbocycles. The lowest BCUT2D eigenvalue weighted by Crippen LogP contribution is -2.38. The second-order valence-corrected chi connectivity index (χ2v) is 6.74. The normalized spacial score (nSPS) is 21.8. The van der Waals surface area contributed by atoms with E-state index < -0.39 is 9.84 Å². The molecule has 0 N–H and O–H groups in total. The van der Waals surface area contributed by atoms with Crippen molar-refractivity contribution >= 4 is 15.7 Å². The van der Waals surface area contributed by atoms with Gasteiger partial charge in [-0.15, -0.1) is 0 Å². The van der Waals surface area contributed by atoms with Crippen LogP contribution in [-0.2, 0) is 9.84 Å². The van der Waals surface area contributed by atoms with Crippen LogP contribution in [0, 0.1) is 6.92 Å². The van der Waals surface area contributed by atoms with Gasteiger partial charge in [-0.3, -0.25) is 9.78 Å². The number of carbonyl (C=O) groups excluding carboxylic acids is 1. The lowest BCUT2D eigenvalue weighted by Gasteiger charge is -2.22. The fraction of sp³-hybridized carbons (Fsp3) is 0.545. The van der Waals surface area contributed by atoms with Gasteiger partial charge in [0.15, 0.2) is 9.84 Å². The summed E-state index contributed by atoms with van der Waals surface area (Å²) in [5.41, 5.74) is 0.977. The summed E-state index contributed by atoms with van der Waals surface area (Å²) in [5.74, 6) is -0.103. The predicted octanol–water partition coefficient (Wildman–Crippen LogP) is 0.0441. The summed E-state index contributed by atoms with van der Waals surface area (Å²) in [4.78, 5) is 21.5. The number of sulfone groups is 1. The molecule has 1 aliphatic rings. The molecule has 18 heavy (non-hydrogen) atoms. The van der Waals surface area contributed by atoms with E-state index in [1.54, 1.807) is 14.0 Å². The zero-order valence-corrected chi connectivity index (χ0v) is 11.1. The number of aryl methyl sites for hydroxylation is 1. The number of amides is 1. The lowest BCUT2D eigenvalue weighted by atomic mass is 10.2. The molecule has 6 nitrogen and oxygen atoms in total. The molecule has 1 fully saturated rings. The van der Waals surface area contributed by atoms with Crippen molar-refractivity contribution in [1.82, 2.24) is 14.9 Å². The van der Waals surface area contributed by atoms with Crippen molar-refractivity contribution in [3.63, 3.8) is 0 Å². The second-order valence-electron chi connectivity index (χ2n) is 4.52. The van der Waals surface area contributed by atoms with Gasteiger partial charge in [-0.25, -0.2) is 13.4 Å². The monoisotopic (exact) mass is 269 g/mol. The molecule has 1 amide bonds. The number of carbonyl (C=O) groups is 1. The van der Waals surface area contributed by atoms with E-state index in [1.807, 2.05) is 0 Å². The van der Waals surface area contributed by atoms with Gasteiger partial charge in [-0.2, -0.15) is 0 Å². The summed E-state index contributed by atoms with van der Waals surface area (Å²) in [6.45, 7) is 1.79. The summed E-state index contributed by atoms with van der Waals surface area (Å²) in [7, 11) is -1.39. The summed E-state index contributed by atoms with van der Waals surface area (Å²) in [6, 6.07) is -0.259. The minimum Gasteiger partial charge on any atom is -0.336 e. The molecule has 0 bridgehead atoms. The van der Waals surface area contributed by atoms with E-state index in [1.165, 1.54) is 17.3 Å². The highest BCUT2D eigenvalue weighted by Crippen LogP contribution is 2.17. The molecule has 98 valence electrons. The number of hydrogen-bond donors (Lipinski definition) is 0. The van der Waals surface area contributed by atoms with Gasteiger partial charge >= 0.3 is 0 Å².